The highest BCUT2D eigenvalue weighted by Crippen LogP contribution is 2.38. The lowest BCUT2D eigenvalue weighted by Gasteiger charge is -2.39. The van der Waals surface area contributed by atoms with Crippen molar-refractivity contribution in [1.29, 1.82) is 0 Å². The van der Waals surface area contributed by atoms with Gasteiger partial charge in [-0.25, -0.2) is 4.39 Å². The number of nitrogens with zero attached hydrogens (tertiary/aromatic N) is 1. The second-order valence-electron chi connectivity index (χ2n) is 8.13. The van der Waals surface area contributed by atoms with Gasteiger partial charge < -0.3 is 15.0 Å². The summed E-state index contributed by atoms with van der Waals surface area (Å²) in [6, 6.07) is 5.97. The fraction of sp³-hybridized carbons (Fsp3) is 0.619. The van der Waals surface area contributed by atoms with Crippen molar-refractivity contribution in [3.8, 4) is 0 Å². The molecule has 2 heterocycles. The second-order valence-corrected chi connectivity index (χ2v) is 8.13. The van der Waals surface area contributed by atoms with Gasteiger partial charge in [-0.3, -0.25) is 9.59 Å². The number of benzene rings is 1. The maximum atomic E-state index is 13.7. The Balaban J connectivity index is 1.46. The van der Waals surface area contributed by atoms with Gasteiger partial charge in [0.25, 0.3) is 5.91 Å². The number of halogens is 1. The predicted octanol–water partition coefficient (Wildman–Crippen LogP) is 3.14. The third-order valence-corrected chi connectivity index (χ3v) is 5.56. The van der Waals surface area contributed by atoms with E-state index in [0.717, 1.165) is 38.8 Å². The summed E-state index contributed by atoms with van der Waals surface area (Å²) in [5.74, 6) is -0.325. The molecule has 2 aliphatic heterocycles. The molecule has 27 heavy (non-hydrogen) atoms. The van der Waals surface area contributed by atoms with Crippen LogP contribution in [0.3, 0.4) is 0 Å². The van der Waals surface area contributed by atoms with Crippen LogP contribution in [0.15, 0.2) is 24.3 Å². The largest absolute Gasteiger partial charge is 0.370 e. The minimum atomic E-state index is -0.516. The summed E-state index contributed by atoms with van der Waals surface area (Å²) >= 11 is 0. The maximum Gasteiger partial charge on any atom is 0.254 e. The van der Waals surface area contributed by atoms with E-state index in [1.165, 1.54) is 12.1 Å². The molecule has 1 spiro atoms. The first-order valence-electron chi connectivity index (χ1n) is 9.87. The Labute approximate surface area is 160 Å². The molecular formula is C21H29FN2O3. The van der Waals surface area contributed by atoms with Gasteiger partial charge in [0, 0.05) is 26.1 Å². The topological polar surface area (TPSA) is 58.6 Å². The van der Waals surface area contributed by atoms with E-state index in [0.29, 0.717) is 18.9 Å². The summed E-state index contributed by atoms with van der Waals surface area (Å²) in [6.07, 6.45) is 4.04. The van der Waals surface area contributed by atoms with Crippen LogP contribution in [0, 0.1) is 11.7 Å². The van der Waals surface area contributed by atoms with Gasteiger partial charge in [0.2, 0.25) is 5.91 Å². The molecule has 0 bridgehead atoms. The number of carbonyl (C=O) groups excluding carboxylic acids is 2. The standard InChI is InChI=1S/C21H29FN2O3/c1-15(2)13-19(25)24-11-9-21(10-12-24)8-7-16(27-21)14-23-20(26)17-5-3-4-6-18(17)22/h3-6,15-16H,7-14H2,1-2H3,(H,23,26). The summed E-state index contributed by atoms with van der Waals surface area (Å²) < 4.78 is 20.0. The molecule has 0 saturated carbocycles. The van der Waals surface area contributed by atoms with Crippen molar-refractivity contribution in [2.75, 3.05) is 19.6 Å². The van der Waals surface area contributed by atoms with Crippen molar-refractivity contribution in [3.63, 3.8) is 0 Å². The van der Waals surface area contributed by atoms with Gasteiger partial charge in [-0.15, -0.1) is 0 Å². The van der Waals surface area contributed by atoms with E-state index in [1.807, 2.05) is 4.90 Å². The van der Waals surface area contributed by atoms with Gasteiger partial charge in [-0.1, -0.05) is 26.0 Å². The molecule has 148 valence electrons. The smallest absolute Gasteiger partial charge is 0.254 e. The molecule has 1 aromatic carbocycles. The number of ether oxygens (including phenoxy) is 1. The molecular weight excluding hydrogens is 347 g/mol. The SMILES string of the molecule is CC(C)CC(=O)N1CCC2(CCC(CNC(=O)c3ccccc3F)O2)CC1. The number of hydrogen-bond donors (Lipinski definition) is 1. The lowest BCUT2D eigenvalue weighted by atomic mass is 9.88. The average Bonchev–Trinajstić information content (AvgIpc) is 3.02. The van der Waals surface area contributed by atoms with E-state index in [2.05, 4.69) is 19.2 Å². The van der Waals surface area contributed by atoms with Crippen LogP contribution < -0.4 is 5.32 Å². The highest BCUT2D eigenvalue weighted by Gasteiger charge is 2.43. The van der Waals surface area contributed by atoms with Gasteiger partial charge in [0.05, 0.1) is 17.3 Å². The van der Waals surface area contributed by atoms with Crippen LogP contribution in [-0.4, -0.2) is 48.1 Å². The lowest BCUT2D eigenvalue weighted by molar-refractivity contribution is -0.138. The van der Waals surface area contributed by atoms with Crippen LogP contribution in [0.5, 0.6) is 0 Å². The molecule has 1 N–H and O–H groups in total. The van der Waals surface area contributed by atoms with Crippen molar-refractivity contribution < 1.29 is 18.7 Å². The molecule has 2 fully saturated rings. The Morgan fingerprint density at radius 1 is 1.26 bits per heavy atom. The number of carbonyl (C=O) groups is 2. The van der Waals surface area contributed by atoms with Gasteiger partial charge in [0.15, 0.2) is 0 Å². The van der Waals surface area contributed by atoms with E-state index in [1.54, 1.807) is 12.1 Å². The Bertz CT molecular complexity index is 684. The van der Waals surface area contributed by atoms with Crippen LogP contribution >= 0.6 is 0 Å². The summed E-state index contributed by atoms with van der Waals surface area (Å²) in [6.45, 7) is 5.97. The minimum absolute atomic E-state index is 0.0568. The Kier molecular flexibility index (Phi) is 6.15. The van der Waals surface area contributed by atoms with Crippen molar-refractivity contribution >= 4 is 11.8 Å². The van der Waals surface area contributed by atoms with Gasteiger partial charge in [0.1, 0.15) is 5.82 Å². The van der Waals surface area contributed by atoms with E-state index in [9.17, 15) is 14.0 Å². The third-order valence-electron chi connectivity index (χ3n) is 5.56. The molecule has 2 amide bonds. The average molecular weight is 376 g/mol. The molecule has 1 atom stereocenters. The molecule has 0 aliphatic carbocycles. The molecule has 5 nitrogen and oxygen atoms in total. The molecule has 0 radical (unpaired) electrons. The van der Waals surface area contributed by atoms with Crippen molar-refractivity contribution in [2.24, 2.45) is 5.92 Å². The van der Waals surface area contributed by atoms with Crippen molar-refractivity contribution in [2.45, 2.75) is 57.7 Å². The zero-order chi connectivity index (χ0) is 19.4. The number of piperidine rings is 1. The molecule has 3 rings (SSSR count). The van der Waals surface area contributed by atoms with E-state index < -0.39 is 11.7 Å². The highest BCUT2D eigenvalue weighted by molar-refractivity contribution is 5.94. The van der Waals surface area contributed by atoms with Gasteiger partial charge >= 0.3 is 0 Å². The van der Waals surface area contributed by atoms with Crippen LogP contribution in [0.1, 0.15) is 56.3 Å². The predicted molar refractivity (Wildman–Crippen MR) is 101 cm³/mol. The third kappa shape index (κ3) is 4.86. The lowest BCUT2D eigenvalue weighted by Crippen LogP contribution is -2.47. The first-order chi connectivity index (χ1) is 12.9. The number of rotatable bonds is 5. The Hall–Kier alpha value is -1.95. The maximum absolute atomic E-state index is 13.7. The van der Waals surface area contributed by atoms with Gasteiger partial charge in [-0.05, 0) is 43.7 Å². The van der Waals surface area contributed by atoms with E-state index in [4.69, 9.17) is 4.74 Å². The quantitative estimate of drug-likeness (QED) is 0.859. The van der Waals surface area contributed by atoms with Crippen LogP contribution in [-0.2, 0) is 9.53 Å². The van der Waals surface area contributed by atoms with Crippen LogP contribution in [0.2, 0.25) is 0 Å². The van der Waals surface area contributed by atoms with Crippen LogP contribution in [0.4, 0.5) is 4.39 Å². The number of nitrogens with one attached hydrogen (secondary N) is 1. The Morgan fingerprint density at radius 3 is 2.63 bits per heavy atom. The van der Waals surface area contributed by atoms with E-state index in [-0.39, 0.29) is 23.2 Å². The first-order valence-corrected chi connectivity index (χ1v) is 9.87. The molecule has 2 saturated heterocycles. The number of amides is 2. The molecule has 0 aromatic heterocycles. The minimum Gasteiger partial charge on any atom is -0.370 e. The van der Waals surface area contributed by atoms with Crippen LogP contribution in [0.25, 0.3) is 0 Å². The monoisotopic (exact) mass is 376 g/mol. The molecule has 1 aromatic rings. The molecule has 1 unspecified atom stereocenters. The summed E-state index contributed by atoms with van der Waals surface area (Å²) in [4.78, 5) is 26.3. The first kappa shape index (κ1) is 19.8. The fourth-order valence-corrected chi connectivity index (χ4v) is 4.00. The summed E-state index contributed by atoms with van der Waals surface area (Å²) in [7, 11) is 0. The number of hydrogen-bond acceptors (Lipinski definition) is 3. The summed E-state index contributed by atoms with van der Waals surface area (Å²) in [5, 5.41) is 2.78. The zero-order valence-electron chi connectivity index (χ0n) is 16.2. The summed E-state index contributed by atoms with van der Waals surface area (Å²) in [5.41, 5.74) is -0.121. The number of likely N-dealkylation sites (tertiary alicyclic amines) is 1. The zero-order valence-corrected chi connectivity index (χ0v) is 16.2. The highest BCUT2D eigenvalue weighted by atomic mass is 19.1. The molecule has 6 heteroatoms. The fourth-order valence-electron chi connectivity index (χ4n) is 4.00. The Morgan fingerprint density at radius 2 is 1.96 bits per heavy atom. The van der Waals surface area contributed by atoms with Gasteiger partial charge in [-0.2, -0.15) is 0 Å². The normalized spacial score (nSPS) is 21.6. The second kappa shape index (κ2) is 8.38. The molecule has 2 aliphatic rings. The van der Waals surface area contributed by atoms with Crippen molar-refractivity contribution in [3.05, 3.63) is 35.6 Å². The van der Waals surface area contributed by atoms with Crippen molar-refractivity contribution in [1.82, 2.24) is 10.2 Å². The van der Waals surface area contributed by atoms with E-state index >= 15 is 0 Å².